The predicted molar refractivity (Wildman–Crippen MR) is 77.8 cm³/mol. The summed E-state index contributed by atoms with van der Waals surface area (Å²) in [6, 6.07) is 16.3. The Labute approximate surface area is 112 Å². The maximum Gasteiger partial charge on any atom is 0.0711 e. The molecule has 0 amide bonds. The van der Waals surface area contributed by atoms with E-state index in [0.29, 0.717) is 0 Å². The van der Waals surface area contributed by atoms with E-state index in [1.807, 2.05) is 36.5 Å². The highest BCUT2D eigenvalue weighted by Gasteiger charge is 2.07. The summed E-state index contributed by atoms with van der Waals surface area (Å²) < 4.78 is 0. The Hall–Kier alpha value is -2.19. The van der Waals surface area contributed by atoms with Gasteiger partial charge in [-0.1, -0.05) is 36.4 Å². The van der Waals surface area contributed by atoms with Crippen LogP contribution in [0.5, 0.6) is 0 Å². The van der Waals surface area contributed by atoms with E-state index in [1.54, 1.807) is 0 Å². The summed E-state index contributed by atoms with van der Waals surface area (Å²) in [5.74, 6) is 0. The molecule has 2 aromatic carbocycles. The number of hydrogen-bond donors (Lipinski definition) is 1. The number of aliphatic hydroxyl groups is 1. The van der Waals surface area contributed by atoms with Gasteiger partial charge in [0.25, 0.3) is 0 Å². The quantitative estimate of drug-likeness (QED) is 0.751. The van der Waals surface area contributed by atoms with Gasteiger partial charge in [-0.3, -0.25) is 4.98 Å². The number of pyridine rings is 1. The van der Waals surface area contributed by atoms with Crippen molar-refractivity contribution in [3.05, 3.63) is 65.9 Å². The molecule has 2 nitrogen and oxygen atoms in total. The lowest BCUT2D eigenvalue weighted by Crippen LogP contribution is -1.89. The van der Waals surface area contributed by atoms with E-state index in [0.717, 1.165) is 16.5 Å². The molecule has 0 fully saturated rings. The average molecular weight is 249 g/mol. The number of hydrogen-bond acceptors (Lipinski definition) is 2. The van der Waals surface area contributed by atoms with E-state index in [4.69, 9.17) is 0 Å². The topological polar surface area (TPSA) is 33.1 Å². The van der Waals surface area contributed by atoms with Crippen molar-refractivity contribution in [2.45, 2.75) is 13.5 Å². The van der Waals surface area contributed by atoms with Crippen LogP contribution in [0.25, 0.3) is 22.0 Å². The highest BCUT2D eigenvalue weighted by molar-refractivity contribution is 5.95. The minimum absolute atomic E-state index is 0.0478. The van der Waals surface area contributed by atoms with Crippen LogP contribution in [0.15, 0.2) is 54.7 Å². The summed E-state index contributed by atoms with van der Waals surface area (Å²) in [4.78, 5) is 4.39. The second kappa shape index (κ2) is 4.82. The first kappa shape index (κ1) is 11.9. The van der Waals surface area contributed by atoms with E-state index in [-0.39, 0.29) is 6.61 Å². The van der Waals surface area contributed by atoms with Crippen molar-refractivity contribution in [1.29, 1.82) is 0 Å². The van der Waals surface area contributed by atoms with Gasteiger partial charge in [0.2, 0.25) is 0 Å². The Morgan fingerprint density at radius 1 is 1.00 bits per heavy atom. The van der Waals surface area contributed by atoms with Gasteiger partial charge < -0.3 is 5.11 Å². The lowest BCUT2D eigenvalue weighted by molar-refractivity contribution is 0.282. The summed E-state index contributed by atoms with van der Waals surface area (Å²) in [5, 5.41) is 10.3. The second-order valence-corrected chi connectivity index (χ2v) is 4.68. The van der Waals surface area contributed by atoms with Crippen molar-refractivity contribution in [1.82, 2.24) is 4.98 Å². The van der Waals surface area contributed by atoms with Crippen LogP contribution in [0.4, 0.5) is 0 Å². The van der Waals surface area contributed by atoms with Crippen LogP contribution in [0.3, 0.4) is 0 Å². The fourth-order valence-corrected chi connectivity index (χ4v) is 2.40. The van der Waals surface area contributed by atoms with Crippen molar-refractivity contribution >= 4 is 10.9 Å². The number of aryl methyl sites for hydroxylation is 1. The van der Waals surface area contributed by atoms with E-state index in [2.05, 4.69) is 30.1 Å². The first-order valence-electron chi connectivity index (χ1n) is 6.34. The molecule has 3 aromatic rings. The number of aliphatic hydroxyl groups excluding tert-OH is 1. The van der Waals surface area contributed by atoms with Crippen molar-refractivity contribution in [2.75, 3.05) is 0 Å². The van der Waals surface area contributed by atoms with Crippen LogP contribution in [-0.2, 0) is 6.61 Å². The van der Waals surface area contributed by atoms with Gasteiger partial charge in [-0.05, 0) is 41.3 Å². The Morgan fingerprint density at radius 3 is 2.63 bits per heavy atom. The molecule has 0 aliphatic rings. The summed E-state index contributed by atoms with van der Waals surface area (Å²) in [5.41, 5.74) is 5.48. The summed E-state index contributed by atoms with van der Waals surface area (Å²) in [6.45, 7) is 2.16. The third-order valence-electron chi connectivity index (χ3n) is 3.42. The molecule has 1 heterocycles. The minimum Gasteiger partial charge on any atom is -0.392 e. The van der Waals surface area contributed by atoms with Crippen molar-refractivity contribution in [3.8, 4) is 11.1 Å². The highest BCUT2D eigenvalue weighted by Crippen LogP contribution is 2.30. The van der Waals surface area contributed by atoms with Gasteiger partial charge in [0.15, 0.2) is 0 Å². The fraction of sp³-hybridized carbons (Fsp3) is 0.118. The molecule has 0 spiro atoms. The number of nitrogens with zero attached hydrogens (tertiary/aromatic N) is 1. The van der Waals surface area contributed by atoms with Gasteiger partial charge in [0, 0.05) is 11.6 Å². The van der Waals surface area contributed by atoms with Crippen LogP contribution in [-0.4, -0.2) is 10.1 Å². The Morgan fingerprint density at radius 2 is 1.84 bits per heavy atom. The van der Waals surface area contributed by atoms with E-state index >= 15 is 0 Å². The molecular formula is C17H15NO. The SMILES string of the molecule is Cc1ccccc1-c1ccnc2cc(CO)ccc12. The van der Waals surface area contributed by atoms with Gasteiger partial charge in [-0.25, -0.2) is 0 Å². The molecule has 0 saturated heterocycles. The zero-order valence-electron chi connectivity index (χ0n) is 10.8. The zero-order chi connectivity index (χ0) is 13.2. The molecule has 2 heteroatoms. The molecule has 0 radical (unpaired) electrons. The van der Waals surface area contributed by atoms with Crippen LogP contribution < -0.4 is 0 Å². The molecule has 1 aromatic heterocycles. The molecular weight excluding hydrogens is 234 g/mol. The first-order valence-corrected chi connectivity index (χ1v) is 6.34. The second-order valence-electron chi connectivity index (χ2n) is 4.68. The molecule has 0 aliphatic carbocycles. The molecule has 94 valence electrons. The molecule has 1 N–H and O–H groups in total. The van der Waals surface area contributed by atoms with Crippen molar-refractivity contribution < 1.29 is 5.11 Å². The monoisotopic (exact) mass is 249 g/mol. The van der Waals surface area contributed by atoms with Crippen LogP contribution in [0.2, 0.25) is 0 Å². The van der Waals surface area contributed by atoms with Crippen LogP contribution in [0.1, 0.15) is 11.1 Å². The maximum absolute atomic E-state index is 9.20. The molecule has 19 heavy (non-hydrogen) atoms. The Kier molecular flexibility index (Phi) is 3.02. The smallest absolute Gasteiger partial charge is 0.0711 e. The summed E-state index contributed by atoms with van der Waals surface area (Å²) in [7, 11) is 0. The van der Waals surface area contributed by atoms with Crippen molar-refractivity contribution in [3.63, 3.8) is 0 Å². The van der Waals surface area contributed by atoms with Crippen molar-refractivity contribution in [2.24, 2.45) is 0 Å². The van der Waals surface area contributed by atoms with Gasteiger partial charge >= 0.3 is 0 Å². The van der Waals surface area contributed by atoms with Gasteiger partial charge in [-0.15, -0.1) is 0 Å². The number of fused-ring (bicyclic) bond motifs is 1. The third-order valence-corrected chi connectivity index (χ3v) is 3.42. The number of aromatic nitrogens is 1. The van der Waals surface area contributed by atoms with E-state index in [1.165, 1.54) is 16.7 Å². The fourth-order valence-electron chi connectivity index (χ4n) is 2.40. The highest BCUT2D eigenvalue weighted by atomic mass is 16.3. The average Bonchev–Trinajstić information content (AvgIpc) is 2.46. The van der Waals surface area contributed by atoms with Gasteiger partial charge in [0.1, 0.15) is 0 Å². The lowest BCUT2D eigenvalue weighted by atomic mass is 9.97. The predicted octanol–water partition coefficient (Wildman–Crippen LogP) is 3.70. The Balaban J connectivity index is 2.28. The molecule has 0 bridgehead atoms. The molecule has 0 saturated carbocycles. The lowest BCUT2D eigenvalue weighted by Gasteiger charge is -2.09. The summed E-state index contributed by atoms with van der Waals surface area (Å²) >= 11 is 0. The number of benzene rings is 2. The standard InChI is InChI=1S/C17H15NO/c1-12-4-2-3-5-14(12)15-8-9-18-17-10-13(11-19)6-7-16(15)17/h2-10,19H,11H2,1H3. The zero-order valence-corrected chi connectivity index (χ0v) is 10.8. The normalized spacial score (nSPS) is 10.8. The molecule has 0 unspecified atom stereocenters. The Bertz CT molecular complexity index is 734. The van der Waals surface area contributed by atoms with Crippen LogP contribution >= 0.6 is 0 Å². The van der Waals surface area contributed by atoms with E-state index in [9.17, 15) is 5.11 Å². The first-order chi connectivity index (χ1) is 9.29. The van der Waals surface area contributed by atoms with Crippen LogP contribution in [0, 0.1) is 6.92 Å². The van der Waals surface area contributed by atoms with Gasteiger partial charge in [0.05, 0.1) is 12.1 Å². The molecule has 0 aliphatic heterocycles. The number of rotatable bonds is 2. The maximum atomic E-state index is 9.20. The van der Waals surface area contributed by atoms with Gasteiger partial charge in [-0.2, -0.15) is 0 Å². The minimum atomic E-state index is 0.0478. The molecule has 3 rings (SSSR count). The largest absolute Gasteiger partial charge is 0.392 e. The molecule has 0 atom stereocenters. The van der Waals surface area contributed by atoms with E-state index < -0.39 is 0 Å². The third kappa shape index (κ3) is 2.11. The summed E-state index contributed by atoms with van der Waals surface area (Å²) in [6.07, 6.45) is 1.82.